The van der Waals surface area contributed by atoms with Gasteiger partial charge in [-0.15, -0.1) is 0 Å². The molecule has 2 aromatic heterocycles. The number of rotatable bonds is 4. The van der Waals surface area contributed by atoms with Crippen molar-refractivity contribution in [2.75, 3.05) is 24.2 Å². The van der Waals surface area contributed by atoms with Crippen LogP contribution in [-0.2, 0) is 14.3 Å². The molecule has 0 unspecified atom stereocenters. The van der Waals surface area contributed by atoms with E-state index < -0.39 is 10.1 Å². The highest BCUT2D eigenvalue weighted by Crippen LogP contribution is 2.22. The minimum Gasteiger partial charge on any atom is -0.354 e. The molecule has 31 heavy (non-hydrogen) atoms. The average molecular weight is 454 g/mol. The summed E-state index contributed by atoms with van der Waals surface area (Å²) in [4.78, 5) is 10.9. The normalized spacial score (nSPS) is 16.1. The van der Waals surface area contributed by atoms with E-state index in [1.807, 2.05) is 53.4 Å². The van der Waals surface area contributed by atoms with Gasteiger partial charge in [0.15, 0.2) is 0 Å². The third kappa shape index (κ3) is 5.82. The number of hydrogen-bond donors (Lipinski definition) is 0. The summed E-state index contributed by atoms with van der Waals surface area (Å²) in [6.45, 7) is 1.19. The van der Waals surface area contributed by atoms with Crippen LogP contribution >= 0.6 is 11.6 Å². The molecule has 0 aliphatic carbocycles. The Kier molecular flexibility index (Phi) is 6.23. The quantitative estimate of drug-likeness (QED) is 0.442. The van der Waals surface area contributed by atoms with Gasteiger partial charge >= 0.3 is 0 Å². The Morgan fingerprint density at radius 2 is 1.77 bits per heavy atom. The smallest absolute Gasteiger partial charge is 0.264 e. The van der Waals surface area contributed by atoms with Crippen molar-refractivity contribution in [3.8, 4) is 23.0 Å². The van der Waals surface area contributed by atoms with E-state index in [1.54, 1.807) is 12.4 Å². The Labute approximate surface area is 187 Å². The monoisotopic (exact) mass is 453 g/mol. The Morgan fingerprint density at radius 1 is 1.00 bits per heavy atom. The molecule has 0 amide bonds. The lowest BCUT2D eigenvalue weighted by molar-refractivity contribution is 0.234. The van der Waals surface area contributed by atoms with Crippen LogP contribution in [0.2, 0.25) is 5.02 Å². The predicted molar refractivity (Wildman–Crippen MR) is 121 cm³/mol. The van der Waals surface area contributed by atoms with Gasteiger partial charge in [-0.05, 0) is 48.2 Å². The highest BCUT2D eigenvalue weighted by Gasteiger charge is 2.26. The van der Waals surface area contributed by atoms with Crippen molar-refractivity contribution < 1.29 is 12.6 Å². The van der Waals surface area contributed by atoms with Crippen LogP contribution in [0.1, 0.15) is 17.7 Å². The molecule has 158 valence electrons. The van der Waals surface area contributed by atoms with E-state index in [1.165, 1.54) is 0 Å². The second kappa shape index (κ2) is 9.06. The van der Waals surface area contributed by atoms with E-state index >= 15 is 0 Å². The number of hydrogen-bond acceptors (Lipinski definition) is 6. The van der Waals surface area contributed by atoms with Crippen LogP contribution in [-0.4, -0.2) is 43.8 Å². The van der Waals surface area contributed by atoms with Crippen molar-refractivity contribution in [2.45, 2.75) is 12.5 Å². The van der Waals surface area contributed by atoms with Crippen LogP contribution in [0.25, 0.3) is 11.1 Å². The van der Waals surface area contributed by atoms with Crippen molar-refractivity contribution >= 4 is 27.5 Å². The van der Waals surface area contributed by atoms with E-state index in [9.17, 15) is 8.42 Å². The SMILES string of the molecule is CS(=O)(=O)O[C@@H]1CCN(c2ccc(C#Cc3ccc(-c4ccc(Cl)cc4)cn3)cn2)C1. The molecule has 3 heterocycles. The zero-order valence-electron chi connectivity index (χ0n) is 16.8. The van der Waals surface area contributed by atoms with E-state index in [0.717, 1.165) is 28.8 Å². The highest BCUT2D eigenvalue weighted by atomic mass is 35.5. The number of aromatic nitrogens is 2. The first-order valence-electron chi connectivity index (χ1n) is 9.69. The van der Waals surface area contributed by atoms with Crippen molar-refractivity contribution in [2.24, 2.45) is 0 Å². The standard InChI is InChI=1S/C23H20ClN3O3S/c1-31(28,29)30-22-12-13-27(16-22)23-11-3-17(14-26-23)2-9-21-10-6-19(15-25-21)18-4-7-20(24)8-5-18/h3-8,10-11,14-15,22H,12-13,16H2,1H3/t22-/m1/s1. The summed E-state index contributed by atoms with van der Waals surface area (Å²) < 4.78 is 27.6. The van der Waals surface area contributed by atoms with Crippen LogP contribution < -0.4 is 4.90 Å². The van der Waals surface area contributed by atoms with Crippen LogP contribution in [0.4, 0.5) is 5.82 Å². The molecule has 3 aromatic rings. The number of anilines is 1. The molecule has 0 radical (unpaired) electrons. The number of benzene rings is 1. The zero-order valence-corrected chi connectivity index (χ0v) is 18.4. The number of nitrogens with zero attached hydrogens (tertiary/aromatic N) is 3. The first-order valence-corrected chi connectivity index (χ1v) is 11.9. The maximum absolute atomic E-state index is 11.3. The molecule has 1 atom stereocenters. The Morgan fingerprint density at radius 3 is 2.42 bits per heavy atom. The molecular formula is C23H20ClN3O3S. The molecule has 1 saturated heterocycles. The van der Waals surface area contributed by atoms with Gasteiger partial charge in [-0.3, -0.25) is 4.18 Å². The lowest BCUT2D eigenvalue weighted by Crippen LogP contribution is -2.25. The highest BCUT2D eigenvalue weighted by molar-refractivity contribution is 7.86. The fraction of sp³-hybridized carbons (Fsp3) is 0.217. The van der Waals surface area contributed by atoms with Gasteiger partial charge in [-0.1, -0.05) is 35.7 Å². The van der Waals surface area contributed by atoms with Crippen molar-refractivity contribution in [3.63, 3.8) is 0 Å². The lowest BCUT2D eigenvalue weighted by Gasteiger charge is -2.17. The number of halogens is 1. The summed E-state index contributed by atoms with van der Waals surface area (Å²) in [5, 5.41) is 0.700. The lowest BCUT2D eigenvalue weighted by atomic mass is 10.1. The summed E-state index contributed by atoms with van der Waals surface area (Å²) in [7, 11) is -3.45. The Balaban J connectivity index is 1.39. The van der Waals surface area contributed by atoms with Gasteiger partial charge in [0.1, 0.15) is 11.5 Å². The molecule has 1 aliphatic heterocycles. The molecule has 8 heteroatoms. The second-order valence-corrected chi connectivity index (χ2v) is 9.29. The summed E-state index contributed by atoms with van der Waals surface area (Å²) in [5.74, 6) is 6.89. The van der Waals surface area contributed by atoms with E-state index in [2.05, 4.69) is 21.8 Å². The molecule has 0 N–H and O–H groups in total. The Bertz CT molecular complexity index is 1220. The van der Waals surface area contributed by atoms with Gasteiger partial charge in [0.05, 0.1) is 12.4 Å². The third-order valence-electron chi connectivity index (χ3n) is 4.80. The molecule has 1 aromatic carbocycles. The molecule has 0 saturated carbocycles. The fourth-order valence-corrected chi connectivity index (χ4v) is 4.10. The van der Waals surface area contributed by atoms with Crippen molar-refractivity contribution in [1.29, 1.82) is 0 Å². The topological polar surface area (TPSA) is 72.4 Å². The van der Waals surface area contributed by atoms with Crippen LogP contribution in [0, 0.1) is 11.8 Å². The third-order valence-corrected chi connectivity index (χ3v) is 5.68. The van der Waals surface area contributed by atoms with Crippen LogP contribution in [0.3, 0.4) is 0 Å². The van der Waals surface area contributed by atoms with Gasteiger partial charge in [0.2, 0.25) is 0 Å². The van der Waals surface area contributed by atoms with Crippen LogP contribution in [0.5, 0.6) is 0 Å². The van der Waals surface area contributed by atoms with Gasteiger partial charge in [-0.2, -0.15) is 8.42 Å². The minimum absolute atomic E-state index is 0.335. The van der Waals surface area contributed by atoms with Gasteiger partial charge in [0.25, 0.3) is 10.1 Å². The molecular weight excluding hydrogens is 434 g/mol. The molecule has 1 fully saturated rings. The summed E-state index contributed by atoms with van der Waals surface area (Å²) in [6.07, 6.45) is 4.87. The van der Waals surface area contributed by atoms with Gasteiger partial charge in [-0.25, -0.2) is 9.97 Å². The van der Waals surface area contributed by atoms with E-state index in [4.69, 9.17) is 15.8 Å². The molecule has 0 spiro atoms. The molecule has 4 rings (SSSR count). The summed E-state index contributed by atoms with van der Waals surface area (Å²) >= 11 is 5.93. The van der Waals surface area contributed by atoms with E-state index in [-0.39, 0.29) is 6.10 Å². The Hall–Kier alpha value is -2.92. The van der Waals surface area contributed by atoms with Gasteiger partial charge < -0.3 is 4.90 Å². The maximum Gasteiger partial charge on any atom is 0.264 e. The van der Waals surface area contributed by atoms with Gasteiger partial charge in [0, 0.05) is 41.6 Å². The summed E-state index contributed by atoms with van der Waals surface area (Å²) in [6, 6.07) is 15.2. The first-order chi connectivity index (χ1) is 14.9. The van der Waals surface area contributed by atoms with Crippen LogP contribution in [0.15, 0.2) is 60.9 Å². The predicted octanol–water partition coefficient (Wildman–Crippen LogP) is 3.75. The molecule has 1 aliphatic rings. The maximum atomic E-state index is 11.3. The average Bonchev–Trinajstić information content (AvgIpc) is 3.20. The first kappa shape index (κ1) is 21.3. The zero-order chi connectivity index (χ0) is 21.8. The summed E-state index contributed by atoms with van der Waals surface area (Å²) in [5.41, 5.74) is 3.48. The number of pyridine rings is 2. The molecule has 6 nitrogen and oxygen atoms in total. The second-order valence-electron chi connectivity index (χ2n) is 7.25. The van der Waals surface area contributed by atoms with Crippen molar-refractivity contribution in [1.82, 2.24) is 9.97 Å². The van der Waals surface area contributed by atoms with Crippen molar-refractivity contribution in [3.05, 3.63) is 77.2 Å². The minimum atomic E-state index is -3.45. The largest absolute Gasteiger partial charge is 0.354 e. The fourth-order valence-electron chi connectivity index (χ4n) is 3.33. The van der Waals surface area contributed by atoms with E-state index in [0.29, 0.717) is 30.2 Å². The molecule has 0 bridgehead atoms.